The van der Waals surface area contributed by atoms with Crippen molar-refractivity contribution in [3.63, 3.8) is 0 Å². The van der Waals surface area contributed by atoms with Crippen molar-refractivity contribution in [2.24, 2.45) is 0 Å². The second kappa shape index (κ2) is 3.13. The molecule has 0 N–H and O–H groups in total. The Balaban J connectivity index is 3.29. The minimum absolute atomic E-state index is 0.275. The fourth-order valence-electron chi connectivity index (χ4n) is 0.899. The molecule has 1 aromatic carbocycles. The molecule has 0 radical (unpaired) electrons. The van der Waals surface area contributed by atoms with Gasteiger partial charge in [-0.15, -0.1) is 12.6 Å². The quantitative estimate of drug-likeness (QED) is 0.640. The van der Waals surface area contributed by atoms with Gasteiger partial charge in [-0.05, 0) is 19.1 Å². The number of halogens is 1. The van der Waals surface area contributed by atoms with Crippen molar-refractivity contribution >= 4 is 12.6 Å². The third-order valence-corrected chi connectivity index (χ3v) is 2.02. The van der Waals surface area contributed by atoms with Crippen molar-refractivity contribution in [2.45, 2.75) is 11.8 Å². The Morgan fingerprint density at radius 2 is 2.09 bits per heavy atom. The average Bonchev–Trinajstić information content (AvgIpc) is 1.99. The molecule has 60 valence electrons. The maximum absolute atomic E-state index is 12.9. The van der Waals surface area contributed by atoms with Crippen molar-refractivity contribution in [1.82, 2.24) is 0 Å². The lowest BCUT2D eigenvalue weighted by molar-refractivity contribution is 0.382. The van der Waals surface area contributed by atoms with Crippen molar-refractivity contribution in [1.29, 1.82) is 0 Å². The average molecular weight is 172 g/mol. The molecule has 11 heavy (non-hydrogen) atoms. The van der Waals surface area contributed by atoms with Crippen LogP contribution in [0.4, 0.5) is 4.39 Å². The molecule has 0 aromatic heterocycles. The Morgan fingerprint density at radius 3 is 2.55 bits per heavy atom. The molecule has 0 heterocycles. The molecular formula is C8H9FOS. The van der Waals surface area contributed by atoms with E-state index in [2.05, 4.69) is 12.6 Å². The number of benzene rings is 1. The largest absolute Gasteiger partial charge is 0.493 e. The zero-order valence-electron chi connectivity index (χ0n) is 6.39. The van der Waals surface area contributed by atoms with Crippen LogP contribution in [0.3, 0.4) is 0 Å². The van der Waals surface area contributed by atoms with E-state index in [1.807, 2.05) is 0 Å². The van der Waals surface area contributed by atoms with Gasteiger partial charge in [0.25, 0.3) is 0 Å². The van der Waals surface area contributed by atoms with Gasteiger partial charge in [0.2, 0.25) is 0 Å². The summed E-state index contributed by atoms with van der Waals surface area (Å²) in [6.07, 6.45) is 0. The molecule has 0 fully saturated rings. The van der Waals surface area contributed by atoms with Gasteiger partial charge >= 0.3 is 0 Å². The topological polar surface area (TPSA) is 9.23 Å². The summed E-state index contributed by atoms with van der Waals surface area (Å²) in [7, 11) is 1.44. The van der Waals surface area contributed by atoms with Gasteiger partial charge in [0.05, 0.1) is 7.11 Å². The molecular weight excluding hydrogens is 163 g/mol. The third kappa shape index (κ3) is 1.48. The second-order valence-corrected chi connectivity index (χ2v) is 2.71. The maximum Gasteiger partial charge on any atom is 0.165 e. The molecule has 0 aliphatic rings. The van der Waals surface area contributed by atoms with Crippen LogP contribution in [0.25, 0.3) is 0 Å². The Kier molecular flexibility index (Phi) is 2.39. The highest BCUT2D eigenvalue weighted by atomic mass is 32.1. The van der Waals surface area contributed by atoms with E-state index in [1.54, 1.807) is 13.0 Å². The Bertz CT molecular complexity index is 273. The Labute approximate surface area is 70.6 Å². The summed E-state index contributed by atoms with van der Waals surface area (Å²) < 4.78 is 17.7. The number of ether oxygens (including phenoxy) is 1. The van der Waals surface area contributed by atoms with Crippen LogP contribution < -0.4 is 4.74 Å². The van der Waals surface area contributed by atoms with E-state index in [9.17, 15) is 4.39 Å². The van der Waals surface area contributed by atoms with Crippen molar-refractivity contribution in [3.8, 4) is 5.75 Å². The van der Waals surface area contributed by atoms with E-state index in [0.717, 1.165) is 10.5 Å². The zero-order chi connectivity index (χ0) is 8.43. The first-order valence-corrected chi connectivity index (χ1v) is 3.63. The molecule has 0 atom stereocenters. The molecule has 1 rings (SSSR count). The molecule has 1 aromatic rings. The van der Waals surface area contributed by atoms with Gasteiger partial charge in [-0.3, -0.25) is 0 Å². The normalized spacial score (nSPS) is 9.82. The first kappa shape index (κ1) is 8.40. The lowest BCUT2D eigenvalue weighted by Gasteiger charge is -2.06. The predicted octanol–water partition coefficient (Wildman–Crippen LogP) is 2.43. The molecule has 0 unspecified atom stereocenters. The summed E-state index contributed by atoms with van der Waals surface area (Å²) in [4.78, 5) is 0.739. The molecule has 0 aliphatic heterocycles. The van der Waals surface area contributed by atoms with Crippen molar-refractivity contribution in [3.05, 3.63) is 23.5 Å². The molecule has 0 spiro atoms. The summed E-state index contributed by atoms with van der Waals surface area (Å²) in [6.45, 7) is 1.77. The maximum atomic E-state index is 12.9. The fraction of sp³-hybridized carbons (Fsp3) is 0.250. The lowest BCUT2D eigenvalue weighted by atomic mass is 10.2. The van der Waals surface area contributed by atoms with Crippen LogP contribution >= 0.6 is 12.6 Å². The molecule has 1 nitrogen and oxygen atoms in total. The summed E-state index contributed by atoms with van der Waals surface area (Å²) in [6, 6.07) is 2.95. The first-order valence-electron chi connectivity index (χ1n) is 3.19. The van der Waals surface area contributed by atoms with Crippen LogP contribution in [0, 0.1) is 12.7 Å². The van der Waals surface area contributed by atoms with Crippen molar-refractivity contribution < 1.29 is 9.13 Å². The minimum Gasteiger partial charge on any atom is -0.493 e. The SMILES string of the molecule is COc1c(F)ccc(S)c1C. The minimum atomic E-state index is -0.345. The van der Waals surface area contributed by atoms with Gasteiger partial charge < -0.3 is 4.74 Å². The second-order valence-electron chi connectivity index (χ2n) is 2.22. The highest BCUT2D eigenvalue weighted by Gasteiger charge is 2.07. The number of rotatable bonds is 1. The van der Waals surface area contributed by atoms with Gasteiger partial charge in [-0.2, -0.15) is 0 Å². The van der Waals surface area contributed by atoms with E-state index >= 15 is 0 Å². The monoisotopic (exact) mass is 172 g/mol. The molecule has 0 saturated carbocycles. The van der Waals surface area contributed by atoms with Gasteiger partial charge in [-0.25, -0.2) is 4.39 Å². The van der Waals surface area contributed by atoms with Crippen LogP contribution in [0.15, 0.2) is 17.0 Å². The number of hydrogen-bond donors (Lipinski definition) is 1. The standard InChI is InChI=1S/C8H9FOS/c1-5-7(11)4-3-6(9)8(5)10-2/h3-4,11H,1-2H3. The summed E-state index contributed by atoms with van der Waals surface area (Å²) in [5, 5.41) is 0. The number of methoxy groups -OCH3 is 1. The Hall–Kier alpha value is -0.700. The lowest BCUT2D eigenvalue weighted by Crippen LogP contribution is -1.91. The van der Waals surface area contributed by atoms with Gasteiger partial charge in [0, 0.05) is 10.5 Å². The van der Waals surface area contributed by atoms with Crippen LogP contribution in [0.2, 0.25) is 0 Å². The predicted molar refractivity (Wildman–Crippen MR) is 44.9 cm³/mol. The number of hydrogen-bond acceptors (Lipinski definition) is 2. The smallest absolute Gasteiger partial charge is 0.165 e. The van der Waals surface area contributed by atoms with Gasteiger partial charge in [0.1, 0.15) is 0 Å². The highest BCUT2D eigenvalue weighted by Crippen LogP contribution is 2.26. The summed E-state index contributed by atoms with van der Waals surface area (Å²) in [5.74, 6) is -0.0692. The van der Waals surface area contributed by atoms with Gasteiger partial charge in [-0.1, -0.05) is 0 Å². The van der Waals surface area contributed by atoms with Crippen LogP contribution in [0.1, 0.15) is 5.56 Å². The van der Waals surface area contributed by atoms with Crippen LogP contribution in [-0.4, -0.2) is 7.11 Å². The van der Waals surface area contributed by atoms with E-state index in [0.29, 0.717) is 0 Å². The number of thiol groups is 1. The van der Waals surface area contributed by atoms with E-state index in [4.69, 9.17) is 4.74 Å². The summed E-state index contributed by atoms with van der Waals surface area (Å²) in [5.41, 5.74) is 0.732. The fourth-order valence-corrected chi connectivity index (χ4v) is 1.07. The van der Waals surface area contributed by atoms with Crippen molar-refractivity contribution in [2.75, 3.05) is 7.11 Å². The van der Waals surface area contributed by atoms with Gasteiger partial charge in [0.15, 0.2) is 11.6 Å². The highest BCUT2D eigenvalue weighted by molar-refractivity contribution is 7.80. The molecule has 0 amide bonds. The molecule has 0 bridgehead atoms. The van der Waals surface area contributed by atoms with Crippen LogP contribution in [-0.2, 0) is 0 Å². The Morgan fingerprint density at radius 1 is 1.45 bits per heavy atom. The first-order chi connectivity index (χ1) is 5.16. The molecule has 0 aliphatic carbocycles. The summed E-state index contributed by atoms with van der Waals surface area (Å²) >= 11 is 4.12. The van der Waals surface area contributed by atoms with Crippen LogP contribution in [0.5, 0.6) is 5.75 Å². The van der Waals surface area contributed by atoms with E-state index in [-0.39, 0.29) is 11.6 Å². The zero-order valence-corrected chi connectivity index (χ0v) is 7.28. The molecule has 3 heteroatoms. The molecule has 0 saturated heterocycles. The van der Waals surface area contributed by atoms with E-state index < -0.39 is 0 Å². The third-order valence-electron chi connectivity index (χ3n) is 1.53. The van der Waals surface area contributed by atoms with E-state index in [1.165, 1.54) is 13.2 Å².